The number of morpholine rings is 1. The van der Waals surface area contributed by atoms with E-state index < -0.39 is 10.0 Å². The zero-order valence-electron chi connectivity index (χ0n) is 18.0. The number of thioether (sulfide) groups is 1. The van der Waals surface area contributed by atoms with E-state index >= 15 is 0 Å². The molecule has 2 aromatic carbocycles. The molecular weight excluding hydrogens is 446 g/mol. The van der Waals surface area contributed by atoms with Crippen molar-refractivity contribution in [3.63, 3.8) is 0 Å². The molecule has 0 bridgehead atoms. The van der Waals surface area contributed by atoms with Gasteiger partial charge in [0.2, 0.25) is 15.9 Å². The molecule has 0 aliphatic carbocycles. The Balaban J connectivity index is 1.50. The number of hydrogen-bond acceptors (Lipinski definition) is 6. The van der Waals surface area contributed by atoms with E-state index in [-0.39, 0.29) is 10.8 Å². The van der Waals surface area contributed by atoms with E-state index in [4.69, 9.17) is 4.74 Å². The van der Waals surface area contributed by atoms with E-state index in [9.17, 15) is 13.2 Å². The Morgan fingerprint density at radius 3 is 2.44 bits per heavy atom. The number of carbonyl (C=O) groups is 1. The number of ether oxygens (including phenoxy) is 1. The van der Waals surface area contributed by atoms with Crippen LogP contribution in [0.1, 0.15) is 19.3 Å². The van der Waals surface area contributed by atoms with Crippen molar-refractivity contribution in [3.8, 4) is 0 Å². The SMILES string of the molecule is O=C(CCSc1ccccc1)Nc1cc(S(=O)(=O)N2CCOCC2)ccc1N1CCCC1. The summed E-state index contributed by atoms with van der Waals surface area (Å²) in [7, 11) is -3.63. The lowest BCUT2D eigenvalue weighted by atomic mass is 10.2. The largest absolute Gasteiger partial charge is 0.379 e. The highest BCUT2D eigenvalue weighted by Crippen LogP contribution is 2.33. The summed E-state index contributed by atoms with van der Waals surface area (Å²) < 4.78 is 33.0. The maximum atomic E-state index is 13.1. The zero-order valence-corrected chi connectivity index (χ0v) is 19.7. The van der Waals surface area contributed by atoms with Gasteiger partial charge in [0, 0.05) is 43.2 Å². The fourth-order valence-corrected chi connectivity index (χ4v) is 6.24. The summed E-state index contributed by atoms with van der Waals surface area (Å²) in [5.74, 6) is 0.538. The number of sulfonamides is 1. The molecule has 0 spiro atoms. The van der Waals surface area contributed by atoms with Crippen LogP contribution in [0, 0.1) is 0 Å². The average Bonchev–Trinajstić information content (AvgIpc) is 3.35. The first-order chi connectivity index (χ1) is 15.5. The molecule has 7 nitrogen and oxygen atoms in total. The smallest absolute Gasteiger partial charge is 0.243 e. The standard InChI is InChI=1S/C23H29N3O4S2/c27-23(10-17-31-19-6-2-1-3-7-19)24-21-18-20(8-9-22(21)25-11-4-5-12-25)32(28,29)26-13-15-30-16-14-26/h1-3,6-9,18H,4-5,10-17H2,(H,24,27). The summed E-state index contributed by atoms with van der Waals surface area (Å²) in [5, 5.41) is 2.99. The van der Waals surface area contributed by atoms with E-state index in [2.05, 4.69) is 10.2 Å². The van der Waals surface area contributed by atoms with Gasteiger partial charge in [-0.15, -0.1) is 11.8 Å². The normalized spacial score (nSPS) is 17.4. The lowest BCUT2D eigenvalue weighted by molar-refractivity contribution is -0.115. The quantitative estimate of drug-likeness (QED) is 0.590. The third kappa shape index (κ3) is 5.64. The summed E-state index contributed by atoms with van der Waals surface area (Å²) in [6.07, 6.45) is 2.53. The van der Waals surface area contributed by atoms with Crippen molar-refractivity contribution in [2.24, 2.45) is 0 Å². The number of benzene rings is 2. The number of anilines is 2. The van der Waals surface area contributed by atoms with Crippen LogP contribution in [0.25, 0.3) is 0 Å². The maximum absolute atomic E-state index is 13.1. The Bertz CT molecular complexity index is 1020. The van der Waals surface area contributed by atoms with Crippen molar-refractivity contribution in [1.29, 1.82) is 0 Å². The molecule has 9 heteroatoms. The second kappa shape index (κ2) is 10.7. The first-order valence-corrected chi connectivity index (χ1v) is 13.4. The molecule has 2 heterocycles. The Morgan fingerprint density at radius 2 is 1.72 bits per heavy atom. The molecule has 0 atom stereocenters. The topological polar surface area (TPSA) is 79.0 Å². The predicted molar refractivity (Wildman–Crippen MR) is 128 cm³/mol. The van der Waals surface area contributed by atoms with Crippen LogP contribution in [-0.4, -0.2) is 63.8 Å². The minimum absolute atomic E-state index is 0.116. The van der Waals surface area contributed by atoms with Gasteiger partial charge < -0.3 is 15.0 Å². The van der Waals surface area contributed by atoms with Crippen molar-refractivity contribution in [1.82, 2.24) is 4.31 Å². The van der Waals surface area contributed by atoms with Crippen molar-refractivity contribution in [2.75, 3.05) is 55.4 Å². The summed E-state index contributed by atoms with van der Waals surface area (Å²) in [5.41, 5.74) is 1.45. The number of hydrogen-bond donors (Lipinski definition) is 1. The third-order valence-electron chi connectivity index (χ3n) is 5.64. The molecular formula is C23H29N3O4S2. The molecule has 0 radical (unpaired) electrons. The van der Waals surface area contributed by atoms with Crippen LogP contribution in [0.3, 0.4) is 0 Å². The molecule has 1 amide bonds. The molecule has 0 unspecified atom stereocenters. The average molecular weight is 476 g/mol. The highest BCUT2D eigenvalue weighted by molar-refractivity contribution is 7.99. The monoisotopic (exact) mass is 475 g/mol. The molecule has 2 aliphatic rings. The number of nitrogens with zero attached hydrogens (tertiary/aromatic N) is 2. The van der Waals surface area contributed by atoms with Crippen LogP contribution in [0.4, 0.5) is 11.4 Å². The van der Waals surface area contributed by atoms with Crippen molar-refractivity contribution >= 4 is 39.1 Å². The van der Waals surface area contributed by atoms with Crippen molar-refractivity contribution < 1.29 is 17.9 Å². The molecule has 0 saturated carbocycles. The van der Waals surface area contributed by atoms with Crippen molar-refractivity contribution in [2.45, 2.75) is 29.1 Å². The van der Waals surface area contributed by atoms with E-state index in [1.807, 2.05) is 36.4 Å². The molecule has 172 valence electrons. The van der Waals surface area contributed by atoms with Gasteiger partial charge in [0.1, 0.15) is 0 Å². The maximum Gasteiger partial charge on any atom is 0.243 e. The molecule has 2 aliphatic heterocycles. The van der Waals surface area contributed by atoms with Gasteiger partial charge in [-0.25, -0.2) is 8.42 Å². The summed E-state index contributed by atoms with van der Waals surface area (Å²) in [6, 6.07) is 15.1. The zero-order chi connectivity index (χ0) is 22.4. The molecule has 4 rings (SSSR count). The summed E-state index contributed by atoms with van der Waals surface area (Å²) in [4.78, 5) is 16.2. The lowest BCUT2D eigenvalue weighted by Gasteiger charge is -2.27. The summed E-state index contributed by atoms with van der Waals surface area (Å²) in [6.45, 7) is 3.29. The van der Waals surface area contributed by atoms with E-state index in [1.54, 1.807) is 23.9 Å². The number of carbonyl (C=O) groups excluding carboxylic acids is 1. The molecule has 0 aromatic heterocycles. The molecule has 2 fully saturated rings. The highest BCUT2D eigenvalue weighted by Gasteiger charge is 2.28. The Labute approximate surface area is 194 Å². The first-order valence-electron chi connectivity index (χ1n) is 11.0. The van der Waals surface area contributed by atoms with E-state index in [0.717, 1.165) is 36.5 Å². The van der Waals surface area contributed by atoms with Crippen LogP contribution in [0.2, 0.25) is 0 Å². The Morgan fingerprint density at radius 1 is 1.00 bits per heavy atom. The van der Waals surface area contributed by atoms with E-state index in [0.29, 0.717) is 44.2 Å². The van der Waals surface area contributed by atoms with Crippen LogP contribution in [0.5, 0.6) is 0 Å². The Kier molecular flexibility index (Phi) is 7.72. The van der Waals surface area contributed by atoms with Crippen LogP contribution in [0.15, 0.2) is 58.3 Å². The Hall–Kier alpha value is -2.07. The van der Waals surface area contributed by atoms with Gasteiger partial charge in [-0.1, -0.05) is 18.2 Å². The van der Waals surface area contributed by atoms with Crippen LogP contribution < -0.4 is 10.2 Å². The number of amides is 1. The van der Waals surface area contributed by atoms with Gasteiger partial charge in [-0.3, -0.25) is 4.79 Å². The van der Waals surface area contributed by atoms with Crippen molar-refractivity contribution in [3.05, 3.63) is 48.5 Å². The highest BCUT2D eigenvalue weighted by atomic mass is 32.2. The van der Waals surface area contributed by atoms with Gasteiger partial charge >= 0.3 is 0 Å². The molecule has 1 N–H and O–H groups in total. The lowest BCUT2D eigenvalue weighted by Crippen LogP contribution is -2.40. The minimum atomic E-state index is -3.63. The van der Waals surface area contributed by atoms with Gasteiger partial charge in [0.05, 0.1) is 29.5 Å². The van der Waals surface area contributed by atoms with E-state index in [1.165, 1.54) is 4.31 Å². The minimum Gasteiger partial charge on any atom is -0.379 e. The third-order valence-corrected chi connectivity index (χ3v) is 8.55. The van der Waals surface area contributed by atoms with Gasteiger partial charge in [0.15, 0.2) is 0 Å². The van der Waals surface area contributed by atoms with Gasteiger partial charge in [0.25, 0.3) is 0 Å². The second-order valence-electron chi connectivity index (χ2n) is 7.85. The first kappa shape index (κ1) is 23.1. The van der Waals surface area contributed by atoms with Gasteiger partial charge in [-0.05, 0) is 43.2 Å². The number of nitrogens with one attached hydrogen (secondary N) is 1. The molecule has 2 aromatic rings. The second-order valence-corrected chi connectivity index (χ2v) is 11.0. The van der Waals surface area contributed by atoms with Gasteiger partial charge in [-0.2, -0.15) is 4.31 Å². The predicted octanol–water partition coefficient (Wildman–Crippen LogP) is 3.43. The van der Waals surface area contributed by atoms with Crippen LogP contribution in [-0.2, 0) is 19.6 Å². The van der Waals surface area contributed by atoms with Crippen LogP contribution >= 0.6 is 11.8 Å². The molecule has 32 heavy (non-hydrogen) atoms. The summed E-state index contributed by atoms with van der Waals surface area (Å²) >= 11 is 1.63. The molecule has 2 saturated heterocycles. The number of rotatable bonds is 8. The fourth-order valence-electron chi connectivity index (χ4n) is 3.94. The fraction of sp³-hybridized carbons (Fsp3) is 0.435.